The molecule has 20 heavy (non-hydrogen) atoms. The molecular formula is C15H14N2O2S. The van der Waals surface area contributed by atoms with Crippen LogP contribution in [-0.2, 0) is 11.2 Å². The highest BCUT2D eigenvalue weighted by molar-refractivity contribution is 7.80. The minimum Gasteiger partial charge on any atom is -0.506 e. The molecule has 0 saturated heterocycles. The van der Waals surface area contributed by atoms with Crippen molar-refractivity contribution in [1.29, 1.82) is 0 Å². The maximum atomic E-state index is 11.8. The van der Waals surface area contributed by atoms with Gasteiger partial charge in [0.2, 0.25) is 5.91 Å². The molecule has 0 aliphatic rings. The Morgan fingerprint density at radius 1 is 1.05 bits per heavy atom. The van der Waals surface area contributed by atoms with E-state index in [0.717, 1.165) is 5.56 Å². The summed E-state index contributed by atoms with van der Waals surface area (Å²) in [7, 11) is 0. The zero-order chi connectivity index (χ0) is 14.4. The molecule has 0 radical (unpaired) electrons. The molecule has 2 aromatic carbocycles. The van der Waals surface area contributed by atoms with Crippen LogP contribution in [0.2, 0.25) is 0 Å². The molecule has 4 nitrogen and oxygen atoms in total. The number of hydrogen-bond donors (Lipinski definition) is 3. The number of para-hydroxylation sites is 2. The first-order valence-electron chi connectivity index (χ1n) is 6.08. The number of aromatic hydroxyl groups is 1. The van der Waals surface area contributed by atoms with Crippen LogP contribution in [0.4, 0.5) is 5.69 Å². The van der Waals surface area contributed by atoms with Gasteiger partial charge in [-0.1, -0.05) is 42.5 Å². The summed E-state index contributed by atoms with van der Waals surface area (Å²) in [5, 5.41) is 15.1. The van der Waals surface area contributed by atoms with Crippen molar-refractivity contribution in [3.8, 4) is 5.75 Å². The minimum atomic E-state index is -0.205. The van der Waals surface area contributed by atoms with Gasteiger partial charge in [-0.3, -0.25) is 4.79 Å². The molecule has 0 unspecified atom stereocenters. The maximum Gasteiger partial charge on any atom is 0.230 e. The lowest BCUT2D eigenvalue weighted by atomic mass is 10.1. The average molecular weight is 286 g/mol. The van der Waals surface area contributed by atoms with E-state index in [-0.39, 0.29) is 23.2 Å². The van der Waals surface area contributed by atoms with Crippen molar-refractivity contribution < 1.29 is 9.90 Å². The van der Waals surface area contributed by atoms with Crippen LogP contribution in [0, 0.1) is 0 Å². The highest BCUT2D eigenvalue weighted by Gasteiger charge is 2.07. The number of hydrogen-bond acceptors (Lipinski definition) is 3. The van der Waals surface area contributed by atoms with E-state index in [9.17, 15) is 9.90 Å². The topological polar surface area (TPSA) is 61.4 Å². The molecule has 0 spiro atoms. The quantitative estimate of drug-likeness (QED) is 0.599. The number of carbonyl (C=O) groups is 1. The number of rotatable bonds is 3. The summed E-state index contributed by atoms with van der Waals surface area (Å²) in [6, 6.07) is 16.1. The van der Waals surface area contributed by atoms with Crippen LogP contribution >= 0.6 is 12.2 Å². The van der Waals surface area contributed by atoms with Gasteiger partial charge in [0.25, 0.3) is 0 Å². The molecule has 0 bridgehead atoms. The molecule has 0 fully saturated rings. The van der Waals surface area contributed by atoms with Crippen LogP contribution < -0.4 is 10.6 Å². The Labute approximate surface area is 122 Å². The third-order valence-corrected chi connectivity index (χ3v) is 2.82. The lowest BCUT2D eigenvalue weighted by Gasteiger charge is -2.10. The SMILES string of the molecule is O=C(Cc1ccccc1)NC(=S)Nc1ccccc1O. The molecule has 2 rings (SSSR count). The van der Waals surface area contributed by atoms with Crippen LogP contribution in [0.15, 0.2) is 54.6 Å². The number of phenols is 1. The van der Waals surface area contributed by atoms with Gasteiger partial charge in [-0.2, -0.15) is 0 Å². The number of anilines is 1. The highest BCUT2D eigenvalue weighted by atomic mass is 32.1. The highest BCUT2D eigenvalue weighted by Crippen LogP contribution is 2.21. The zero-order valence-electron chi connectivity index (χ0n) is 10.7. The molecule has 2 aromatic rings. The summed E-state index contributed by atoms with van der Waals surface area (Å²) in [6.45, 7) is 0. The standard InChI is InChI=1S/C15H14N2O2S/c18-13-9-5-4-8-12(13)16-15(20)17-14(19)10-11-6-2-1-3-7-11/h1-9,18H,10H2,(H2,16,17,19,20). The van der Waals surface area contributed by atoms with Gasteiger partial charge in [-0.15, -0.1) is 0 Å². The van der Waals surface area contributed by atoms with Crippen molar-refractivity contribution in [3.63, 3.8) is 0 Å². The smallest absolute Gasteiger partial charge is 0.230 e. The van der Waals surface area contributed by atoms with Gasteiger partial charge in [0.05, 0.1) is 12.1 Å². The van der Waals surface area contributed by atoms with Gasteiger partial charge < -0.3 is 15.7 Å². The molecule has 0 heterocycles. The van der Waals surface area contributed by atoms with Crippen LogP contribution in [0.3, 0.4) is 0 Å². The van der Waals surface area contributed by atoms with Crippen LogP contribution in [-0.4, -0.2) is 16.1 Å². The van der Waals surface area contributed by atoms with Crippen molar-refractivity contribution in [3.05, 3.63) is 60.2 Å². The monoisotopic (exact) mass is 286 g/mol. The number of nitrogens with one attached hydrogen (secondary N) is 2. The third kappa shape index (κ3) is 4.07. The van der Waals surface area contributed by atoms with Crippen molar-refractivity contribution in [2.45, 2.75) is 6.42 Å². The number of carbonyl (C=O) groups excluding carboxylic acids is 1. The lowest BCUT2D eigenvalue weighted by molar-refractivity contribution is -0.119. The first-order valence-corrected chi connectivity index (χ1v) is 6.49. The molecule has 0 aromatic heterocycles. The van der Waals surface area contributed by atoms with Crippen LogP contribution in [0.1, 0.15) is 5.56 Å². The van der Waals surface area contributed by atoms with E-state index in [1.54, 1.807) is 18.2 Å². The Hall–Kier alpha value is -2.40. The van der Waals surface area contributed by atoms with Gasteiger partial charge in [0, 0.05) is 0 Å². The van der Waals surface area contributed by atoms with Gasteiger partial charge in [-0.05, 0) is 29.9 Å². The molecule has 0 saturated carbocycles. The number of benzene rings is 2. The second-order valence-electron chi connectivity index (χ2n) is 4.18. The van der Waals surface area contributed by atoms with Gasteiger partial charge in [0.1, 0.15) is 5.75 Å². The maximum absolute atomic E-state index is 11.8. The van der Waals surface area contributed by atoms with E-state index in [0.29, 0.717) is 5.69 Å². The lowest BCUT2D eigenvalue weighted by Crippen LogP contribution is -2.35. The predicted molar refractivity (Wildman–Crippen MR) is 82.6 cm³/mol. The fraction of sp³-hybridized carbons (Fsp3) is 0.0667. The molecule has 0 atom stereocenters. The predicted octanol–water partition coefficient (Wildman–Crippen LogP) is 2.45. The second-order valence-corrected chi connectivity index (χ2v) is 4.59. The fourth-order valence-electron chi connectivity index (χ4n) is 1.68. The molecule has 0 aliphatic heterocycles. The van der Waals surface area contributed by atoms with Crippen molar-refractivity contribution in [2.75, 3.05) is 5.32 Å². The largest absolute Gasteiger partial charge is 0.506 e. The Kier molecular flexibility index (Phi) is 4.68. The molecule has 1 amide bonds. The molecule has 5 heteroatoms. The van der Waals surface area contributed by atoms with Gasteiger partial charge in [-0.25, -0.2) is 0 Å². The Balaban J connectivity index is 1.89. The summed E-state index contributed by atoms with van der Waals surface area (Å²) in [6.07, 6.45) is 0.253. The third-order valence-electron chi connectivity index (χ3n) is 2.61. The zero-order valence-corrected chi connectivity index (χ0v) is 11.5. The number of amides is 1. The second kappa shape index (κ2) is 6.68. The van der Waals surface area contributed by atoms with Gasteiger partial charge >= 0.3 is 0 Å². The van der Waals surface area contributed by atoms with Crippen LogP contribution in [0.5, 0.6) is 5.75 Å². The molecular weight excluding hydrogens is 272 g/mol. The summed E-state index contributed by atoms with van der Waals surface area (Å²) in [4.78, 5) is 11.8. The Morgan fingerprint density at radius 3 is 2.40 bits per heavy atom. The van der Waals surface area contributed by atoms with E-state index < -0.39 is 0 Å². The molecule has 0 aliphatic carbocycles. The number of phenolic OH excluding ortho intramolecular Hbond substituents is 1. The van der Waals surface area contributed by atoms with Gasteiger partial charge in [0.15, 0.2) is 5.11 Å². The average Bonchev–Trinajstić information content (AvgIpc) is 2.42. The van der Waals surface area contributed by atoms with E-state index in [2.05, 4.69) is 10.6 Å². The van der Waals surface area contributed by atoms with E-state index >= 15 is 0 Å². The fourth-order valence-corrected chi connectivity index (χ4v) is 1.91. The molecule has 102 valence electrons. The van der Waals surface area contributed by atoms with E-state index in [4.69, 9.17) is 12.2 Å². The minimum absolute atomic E-state index is 0.0761. The van der Waals surface area contributed by atoms with Crippen LogP contribution in [0.25, 0.3) is 0 Å². The summed E-state index contributed by atoms with van der Waals surface area (Å²) >= 11 is 5.03. The van der Waals surface area contributed by atoms with E-state index in [1.165, 1.54) is 6.07 Å². The van der Waals surface area contributed by atoms with Crippen molar-refractivity contribution in [1.82, 2.24) is 5.32 Å². The first kappa shape index (κ1) is 14.0. The molecule has 3 N–H and O–H groups in total. The Morgan fingerprint density at radius 2 is 1.70 bits per heavy atom. The number of thiocarbonyl (C=S) groups is 1. The van der Waals surface area contributed by atoms with Crippen molar-refractivity contribution in [2.24, 2.45) is 0 Å². The summed E-state index contributed by atoms with van der Waals surface area (Å²) in [5.74, 6) is -0.128. The first-order chi connectivity index (χ1) is 9.65. The summed E-state index contributed by atoms with van der Waals surface area (Å²) < 4.78 is 0. The summed E-state index contributed by atoms with van der Waals surface area (Å²) in [5.41, 5.74) is 1.37. The van der Waals surface area contributed by atoms with Crippen molar-refractivity contribution >= 4 is 28.9 Å². The normalized spacial score (nSPS) is 9.80. The Bertz CT molecular complexity index is 614. The van der Waals surface area contributed by atoms with E-state index in [1.807, 2.05) is 30.3 Å².